The summed E-state index contributed by atoms with van der Waals surface area (Å²) >= 11 is 0. The number of halogens is 2. The molecule has 3 aromatic carbocycles. The molecule has 0 amide bonds. The molecule has 3 aliphatic rings. The fraction of sp³-hybridized carbons (Fsp3) is 0.417. The van der Waals surface area contributed by atoms with Crippen LogP contribution in [0.3, 0.4) is 0 Å². The normalized spacial score (nSPS) is 16.6. The SMILES string of the molecule is CC1=[C-]C(C)(C)c2cc3c(cc21)-c1cc2c(cc1C3)C(C)(C)C=C2C.CCc1cc(C(C)(C)C)c[cH-]1.[Cl-].[Cl-].[Zr+4]. The summed E-state index contributed by atoms with van der Waals surface area (Å²) in [5.74, 6) is 0. The molecule has 3 heteroatoms. The Balaban J connectivity index is 0.000000329. The third-order valence-electron chi connectivity index (χ3n) is 8.52. The molecule has 0 saturated heterocycles. The van der Waals surface area contributed by atoms with Crippen LogP contribution in [0.25, 0.3) is 22.3 Å². The minimum Gasteiger partial charge on any atom is -1.00 e. The van der Waals surface area contributed by atoms with Crippen molar-refractivity contribution in [3.8, 4) is 11.1 Å². The van der Waals surface area contributed by atoms with Gasteiger partial charge in [0.05, 0.1) is 0 Å². The van der Waals surface area contributed by atoms with Crippen molar-refractivity contribution in [2.24, 2.45) is 0 Å². The van der Waals surface area contributed by atoms with Crippen LogP contribution in [0.1, 0.15) is 114 Å². The number of hydrogen-bond acceptors (Lipinski definition) is 0. The number of fused-ring (bicyclic) bond motifs is 5. The summed E-state index contributed by atoms with van der Waals surface area (Å²) in [6, 6.07) is 16.6. The van der Waals surface area contributed by atoms with Gasteiger partial charge in [-0.15, -0.1) is 11.6 Å². The van der Waals surface area contributed by atoms with E-state index in [0.717, 1.165) is 12.8 Å². The van der Waals surface area contributed by atoms with Gasteiger partial charge in [-0.05, 0) is 58.4 Å². The van der Waals surface area contributed by atoms with E-state index in [1.54, 1.807) is 0 Å². The maximum atomic E-state index is 3.65. The van der Waals surface area contributed by atoms with Gasteiger partial charge in [0, 0.05) is 5.41 Å². The average molecular weight is 637 g/mol. The molecule has 0 fully saturated rings. The molecular weight excluding hydrogens is 595 g/mol. The zero-order chi connectivity index (χ0) is 26.2. The van der Waals surface area contributed by atoms with Gasteiger partial charge in [-0.1, -0.05) is 97.8 Å². The van der Waals surface area contributed by atoms with Crippen LogP contribution in [-0.4, -0.2) is 0 Å². The van der Waals surface area contributed by atoms with Crippen LogP contribution >= 0.6 is 0 Å². The minimum atomic E-state index is 0. The van der Waals surface area contributed by atoms with Gasteiger partial charge in [-0.2, -0.15) is 28.8 Å². The molecule has 0 N–H and O–H groups in total. The maximum absolute atomic E-state index is 3.65. The molecule has 0 bridgehead atoms. The topological polar surface area (TPSA) is 0 Å². The maximum Gasteiger partial charge on any atom is 4.00 e. The summed E-state index contributed by atoms with van der Waals surface area (Å²) in [5.41, 5.74) is 17.8. The van der Waals surface area contributed by atoms with Crippen LogP contribution in [0.5, 0.6) is 0 Å². The van der Waals surface area contributed by atoms with Gasteiger partial charge in [0.1, 0.15) is 0 Å². The quantitative estimate of drug-likeness (QED) is 0.280. The van der Waals surface area contributed by atoms with E-state index in [4.69, 9.17) is 0 Å². The Morgan fingerprint density at radius 1 is 0.821 bits per heavy atom. The fourth-order valence-electron chi connectivity index (χ4n) is 6.45. The Kier molecular flexibility index (Phi) is 10.0. The van der Waals surface area contributed by atoms with Gasteiger partial charge in [-0.25, -0.2) is 11.6 Å². The van der Waals surface area contributed by atoms with Crippen LogP contribution in [0.15, 0.2) is 48.5 Å². The number of benzene rings is 2. The third-order valence-corrected chi connectivity index (χ3v) is 8.52. The second-order valence-corrected chi connectivity index (χ2v) is 13.3. The van der Waals surface area contributed by atoms with E-state index in [0.29, 0.717) is 5.41 Å². The van der Waals surface area contributed by atoms with Crippen molar-refractivity contribution in [2.45, 2.75) is 98.3 Å². The Morgan fingerprint density at radius 3 is 1.90 bits per heavy atom. The first kappa shape index (κ1) is 33.9. The van der Waals surface area contributed by atoms with Crippen LogP contribution in [-0.2, 0) is 55.3 Å². The summed E-state index contributed by atoms with van der Waals surface area (Å²) in [5, 5.41) is 0. The predicted octanol–water partition coefficient (Wildman–Crippen LogP) is 3.72. The molecule has 204 valence electrons. The molecule has 0 heterocycles. The largest absolute Gasteiger partial charge is 4.00 e. The van der Waals surface area contributed by atoms with Crippen molar-refractivity contribution in [1.29, 1.82) is 0 Å². The van der Waals surface area contributed by atoms with Gasteiger partial charge in [-0.3, -0.25) is 6.08 Å². The Bertz CT molecular complexity index is 1350. The monoisotopic (exact) mass is 634 g/mol. The second-order valence-electron chi connectivity index (χ2n) is 13.3. The molecule has 3 aliphatic carbocycles. The molecule has 6 rings (SSSR count). The van der Waals surface area contributed by atoms with Crippen molar-refractivity contribution >= 4 is 11.1 Å². The fourth-order valence-corrected chi connectivity index (χ4v) is 6.45. The van der Waals surface area contributed by atoms with E-state index in [-0.39, 0.29) is 61.8 Å². The van der Waals surface area contributed by atoms with Crippen LogP contribution in [0.2, 0.25) is 0 Å². The first-order valence-corrected chi connectivity index (χ1v) is 13.6. The van der Waals surface area contributed by atoms with Crippen molar-refractivity contribution < 1.29 is 51.0 Å². The zero-order valence-electron chi connectivity index (χ0n) is 25.3. The summed E-state index contributed by atoms with van der Waals surface area (Å²) in [4.78, 5) is 0. The van der Waals surface area contributed by atoms with E-state index >= 15 is 0 Å². The van der Waals surface area contributed by atoms with Crippen molar-refractivity contribution in [3.63, 3.8) is 0 Å². The standard InChI is InChI=1S/C25H25.C11H17.2ClH.Zr/c1-14-12-24(3,4)22-8-16-7-17-9-23-19(15(2)13-25(23,5)6)11-21(17)20(16)10-18(14)22;1-5-9-6-7-10(8-9)11(2,3)4;;;/h8-12H,7H2,1-6H3;6-8H,5H2,1-4H3;2*1H;/q2*-1;;;+4/p-2. The predicted molar refractivity (Wildman–Crippen MR) is 157 cm³/mol. The van der Waals surface area contributed by atoms with Crippen molar-refractivity contribution in [1.82, 2.24) is 0 Å². The molecule has 39 heavy (non-hydrogen) atoms. The smallest absolute Gasteiger partial charge is 1.00 e. The van der Waals surface area contributed by atoms with Crippen molar-refractivity contribution in [2.75, 3.05) is 0 Å². The summed E-state index contributed by atoms with van der Waals surface area (Å²) in [6.07, 6.45) is 8.28. The van der Waals surface area contributed by atoms with Gasteiger partial charge in [0.25, 0.3) is 0 Å². The number of aryl methyl sites for hydroxylation is 1. The summed E-state index contributed by atoms with van der Waals surface area (Å²) < 4.78 is 0. The van der Waals surface area contributed by atoms with Gasteiger partial charge in [0.2, 0.25) is 0 Å². The molecule has 3 aromatic rings. The molecule has 0 saturated carbocycles. The van der Waals surface area contributed by atoms with Crippen LogP contribution in [0.4, 0.5) is 0 Å². The van der Waals surface area contributed by atoms with Crippen molar-refractivity contribution in [3.05, 3.63) is 99.1 Å². The van der Waals surface area contributed by atoms with Crippen LogP contribution in [0, 0.1) is 6.08 Å². The zero-order valence-corrected chi connectivity index (χ0v) is 29.3. The van der Waals surface area contributed by atoms with E-state index in [2.05, 4.69) is 124 Å². The molecule has 0 unspecified atom stereocenters. The molecule has 0 radical (unpaired) electrons. The molecular formula is C36H42Cl2Zr. The molecule has 0 spiro atoms. The number of rotatable bonds is 1. The average Bonchev–Trinajstić information content (AvgIpc) is 3.50. The molecule has 0 atom stereocenters. The van der Waals surface area contributed by atoms with E-state index in [1.807, 2.05) is 0 Å². The van der Waals surface area contributed by atoms with E-state index < -0.39 is 0 Å². The van der Waals surface area contributed by atoms with Crippen LogP contribution < -0.4 is 24.8 Å². The first-order valence-electron chi connectivity index (χ1n) is 13.6. The minimum absolute atomic E-state index is 0. The Morgan fingerprint density at radius 2 is 1.38 bits per heavy atom. The Labute approximate surface area is 269 Å². The van der Waals surface area contributed by atoms with Gasteiger partial charge in [0.15, 0.2) is 0 Å². The number of hydrogen-bond donors (Lipinski definition) is 0. The first-order chi connectivity index (χ1) is 16.7. The molecule has 0 aliphatic heterocycles. The second kappa shape index (κ2) is 11.5. The van der Waals surface area contributed by atoms with Gasteiger partial charge >= 0.3 is 26.2 Å². The number of allylic oxidation sites excluding steroid dienone is 4. The van der Waals surface area contributed by atoms with E-state index in [1.165, 1.54) is 66.8 Å². The molecule has 0 aromatic heterocycles. The van der Waals surface area contributed by atoms with E-state index in [9.17, 15) is 0 Å². The van der Waals surface area contributed by atoms with Gasteiger partial charge < -0.3 is 24.8 Å². The summed E-state index contributed by atoms with van der Waals surface area (Å²) in [7, 11) is 0. The summed E-state index contributed by atoms with van der Waals surface area (Å²) in [6.45, 7) is 22.6. The molecule has 0 nitrogen and oxygen atoms in total. The third kappa shape index (κ3) is 6.03. The Hall–Kier alpha value is -1.27.